The molecule has 0 aliphatic heterocycles. The fourth-order valence-electron chi connectivity index (χ4n) is 1.05. The monoisotopic (exact) mass is 212 g/mol. The molecule has 1 rings (SSSR count). The number of nitrogens with one attached hydrogen (secondary N) is 1. The Kier molecular flexibility index (Phi) is 3.29. The third kappa shape index (κ3) is 2.35. The average Bonchev–Trinajstić information content (AvgIpc) is 2.09. The molecule has 1 heterocycles. The lowest BCUT2D eigenvalue weighted by atomic mass is 10.5. The van der Waals surface area contributed by atoms with Crippen LogP contribution in [0.3, 0.4) is 0 Å². The quantitative estimate of drug-likeness (QED) is 0.426. The molecular weight excluding hydrogens is 200 g/mol. The van der Waals surface area contributed by atoms with E-state index in [4.69, 9.17) is 11.1 Å². The Morgan fingerprint density at radius 2 is 2.43 bits per heavy atom. The first-order chi connectivity index (χ1) is 6.54. The number of nitrogens with two attached hydrogens (primary N) is 1. The lowest BCUT2D eigenvalue weighted by Crippen LogP contribution is -2.23. The molecule has 3 N–H and O–H groups in total. The summed E-state index contributed by atoms with van der Waals surface area (Å²) < 4.78 is 1.55. The third-order valence-electron chi connectivity index (χ3n) is 1.61. The number of hydrogen-bond donors (Lipinski definition) is 2. The van der Waals surface area contributed by atoms with Crippen LogP contribution in [0.15, 0.2) is 16.0 Å². The fraction of sp³-hybridized carbons (Fsp3) is 0.375. The first kappa shape index (κ1) is 10.8. The van der Waals surface area contributed by atoms with Crippen LogP contribution in [-0.2, 0) is 6.54 Å². The third-order valence-corrected chi connectivity index (χ3v) is 2.29. The van der Waals surface area contributed by atoms with Crippen molar-refractivity contribution < 1.29 is 0 Å². The number of hydrogen-bond acceptors (Lipinski definition) is 4. The minimum Gasteiger partial charge on any atom is -0.378 e. The lowest BCUT2D eigenvalue weighted by molar-refractivity contribution is 0.684. The Morgan fingerprint density at radius 3 is 2.93 bits per heavy atom. The summed E-state index contributed by atoms with van der Waals surface area (Å²) in [6.07, 6.45) is 1.69. The largest absolute Gasteiger partial charge is 0.378 e. The zero-order chi connectivity index (χ0) is 10.7. The summed E-state index contributed by atoms with van der Waals surface area (Å²) in [5.41, 5.74) is 5.74. The van der Waals surface area contributed by atoms with Crippen LogP contribution in [0.5, 0.6) is 0 Å². The minimum atomic E-state index is -0.196. The van der Waals surface area contributed by atoms with Gasteiger partial charge in [0.1, 0.15) is 0 Å². The van der Waals surface area contributed by atoms with Crippen LogP contribution >= 0.6 is 11.8 Å². The molecule has 0 bridgehead atoms. The van der Waals surface area contributed by atoms with E-state index < -0.39 is 0 Å². The van der Waals surface area contributed by atoms with Gasteiger partial charge in [0.2, 0.25) is 0 Å². The van der Waals surface area contributed by atoms with Crippen molar-refractivity contribution in [3.63, 3.8) is 0 Å². The summed E-state index contributed by atoms with van der Waals surface area (Å²) in [4.78, 5) is 15.6. The van der Waals surface area contributed by atoms with Crippen LogP contribution in [0, 0.1) is 12.3 Å². The summed E-state index contributed by atoms with van der Waals surface area (Å²) in [5.74, 6) is 0. The molecule has 0 saturated heterocycles. The molecule has 1 aromatic rings. The van der Waals surface area contributed by atoms with Crippen LogP contribution in [0.1, 0.15) is 12.6 Å². The number of aryl methyl sites for hydroxylation is 2. The van der Waals surface area contributed by atoms with E-state index >= 15 is 0 Å². The first-order valence-electron chi connectivity index (χ1n) is 4.14. The van der Waals surface area contributed by atoms with Crippen molar-refractivity contribution in [2.45, 2.75) is 25.4 Å². The summed E-state index contributed by atoms with van der Waals surface area (Å²) in [5, 5.41) is 7.22. The second-order valence-corrected chi connectivity index (χ2v) is 3.78. The maximum Gasteiger partial charge on any atom is 0.283 e. The number of thioether (sulfide) groups is 1. The van der Waals surface area contributed by atoms with Gasteiger partial charge in [-0.05, 0) is 25.6 Å². The first-order valence-corrected chi connectivity index (χ1v) is 4.96. The summed E-state index contributed by atoms with van der Waals surface area (Å²) in [6.45, 7) is 4.27. The molecule has 0 saturated carbocycles. The Hall–Kier alpha value is -1.30. The highest BCUT2D eigenvalue weighted by Gasteiger charge is 2.07. The van der Waals surface area contributed by atoms with Gasteiger partial charge in [-0.1, -0.05) is 0 Å². The van der Waals surface area contributed by atoms with E-state index in [0.29, 0.717) is 6.54 Å². The van der Waals surface area contributed by atoms with Gasteiger partial charge in [0.05, 0.1) is 5.69 Å². The molecule has 5 nitrogen and oxygen atoms in total. The highest BCUT2D eigenvalue weighted by molar-refractivity contribution is 8.13. The molecule has 6 heteroatoms. The predicted molar refractivity (Wildman–Crippen MR) is 56.7 cm³/mol. The number of nitrogens with zero attached hydrogens (tertiary/aromatic N) is 2. The van der Waals surface area contributed by atoms with Crippen LogP contribution in [0.2, 0.25) is 0 Å². The summed E-state index contributed by atoms with van der Waals surface area (Å²) in [7, 11) is 0. The highest BCUT2D eigenvalue weighted by Crippen LogP contribution is 2.09. The van der Waals surface area contributed by atoms with Crippen LogP contribution < -0.4 is 11.3 Å². The van der Waals surface area contributed by atoms with Gasteiger partial charge in [-0.2, -0.15) is 0 Å². The molecule has 76 valence electrons. The van der Waals surface area contributed by atoms with Gasteiger partial charge in [-0.25, -0.2) is 4.98 Å². The zero-order valence-corrected chi connectivity index (χ0v) is 8.89. The maximum atomic E-state index is 11.6. The molecule has 0 aliphatic rings. The van der Waals surface area contributed by atoms with Gasteiger partial charge >= 0.3 is 0 Å². The van der Waals surface area contributed by atoms with Gasteiger partial charge in [0.25, 0.3) is 5.56 Å². The molecule has 0 aromatic carbocycles. The average molecular weight is 212 g/mol. The van der Waals surface area contributed by atoms with Crippen LogP contribution in [-0.4, -0.2) is 14.7 Å². The number of rotatable bonds is 2. The van der Waals surface area contributed by atoms with Crippen molar-refractivity contribution in [2.24, 2.45) is 5.73 Å². The van der Waals surface area contributed by atoms with Crippen molar-refractivity contribution in [1.29, 1.82) is 5.41 Å². The van der Waals surface area contributed by atoms with Gasteiger partial charge in [0.15, 0.2) is 10.2 Å². The van der Waals surface area contributed by atoms with Gasteiger partial charge < -0.3 is 10.3 Å². The van der Waals surface area contributed by atoms with Crippen molar-refractivity contribution in [1.82, 2.24) is 9.55 Å². The Balaban J connectivity index is 3.22. The summed E-state index contributed by atoms with van der Waals surface area (Å²) in [6, 6.07) is 0. The number of aromatic nitrogens is 2. The van der Waals surface area contributed by atoms with E-state index in [2.05, 4.69) is 4.98 Å². The minimum absolute atomic E-state index is 0.122. The fourth-order valence-corrected chi connectivity index (χ4v) is 1.65. The van der Waals surface area contributed by atoms with Crippen LogP contribution in [0.25, 0.3) is 0 Å². The Labute approximate surface area is 85.9 Å². The van der Waals surface area contributed by atoms with E-state index in [0.717, 1.165) is 17.5 Å². The highest BCUT2D eigenvalue weighted by atomic mass is 32.2. The van der Waals surface area contributed by atoms with Crippen LogP contribution in [0.4, 0.5) is 0 Å². The molecule has 0 amide bonds. The predicted octanol–water partition coefficient (Wildman–Crippen LogP) is 0.557. The molecule has 0 aliphatic carbocycles. The van der Waals surface area contributed by atoms with E-state index in [1.165, 1.54) is 0 Å². The van der Waals surface area contributed by atoms with Gasteiger partial charge in [-0.3, -0.25) is 10.2 Å². The standard InChI is InChI=1S/C8H12N4OS/c1-3-12-4-5(2)11-6(7(12)13)14-8(9)10/h4H,3H2,1-2H3,(H3,9,10). The maximum absolute atomic E-state index is 11.6. The van der Waals surface area contributed by atoms with E-state index in [-0.39, 0.29) is 15.8 Å². The normalized spacial score (nSPS) is 10.1. The molecule has 0 unspecified atom stereocenters. The number of amidine groups is 1. The van der Waals surface area contributed by atoms with Gasteiger partial charge in [-0.15, -0.1) is 0 Å². The van der Waals surface area contributed by atoms with Gasteiger partial charge in [0, 0.05) is 12.7 Å². The summed E-state index contributed by atoms with van der Waals surface area (Å²) >= 11 is 0.885. The molecule has 0 atom stereocenters. The van der Waals surface area contributed by atoms with E-state index in [1.807, 2.05) is 6.92 Å². The molecular formula is C8H12N4OS. The second kappa shape index (κ2) is 4.28. The Bertz CT molecular complexity index is 412. The van der Waals surface area contributed by atoms with Crippen molar-refractivity contribution in [3.8, 4) is 0 Å². The van der Waals surface area contributed by atoms with E-state index in [1.54, 1.807) is 17.7 Å². The van der Waals surface area contributed by atoms with E-state index in [9.17, 15) is 4.79 Å². The molecule has 0 spiro atoms. The second-order valence-electron chi connectivity index (χ2n) is 2.74. The topological polar surface area (TPSA) is 84.8 Å². The molecule has 0 fully saturated rings. The van der Waals surface area contributed by atoms with Crippen molar-refractivity contribution >= 4 is 16.9 Å². The van der Waals surface area contributed by atoms with Crippen molar-refractivity contribution in [2.75, 3.05) is 0 Å². The Morgan fingerprint density at radius 1 is 1.79 bits per heavy atom. The molecule has 14 heavy (non-hydrogen) atoms. The smallest absolute Gasteiger partial charge is 0.283 e. The molecule has 0 radical (unpaired) electrons. The lowest BCUT2D eigenvalue weighted by Gasteiger charge is -2.05. The van der Waals surface area contributed by atoms with Crippen molar-refractivity contribution in [3.05, 3.63) is 22.2 Å². The molecule has 1 aromatic heterocycles. The SMILES string of the molecule is CCn1cc(C)nc(SC(=N)N)c1=O. The zero-order valence-electron chi connectivity index (χ0n) is 8.07.